The number of amides is 2. The van der Waals surface area contributed by atoms with E-state index in [4.69, 9.17) is 14.2 Å². The molecule has 36 heavy (non-hydrogen) atoms. The monoisotopic (exact) mass is 493 g/mol. The molecule has 190 valence electrons. The summed E-state index contributed by atoms with van der Waals surface area (Å²) in [5.74, 6) is 1.00. The molecule has 3 aromatic rings. The van der Waals surface area contributed by atoms with Gasteiger partial charge in [-0.3, -0.25) is 9.59 Å². The van der Waals surface area contributed by atoms with Gasteiger partial charge in [-0.1, -0.05) is 6.07 Å². The molecule has 0 saturated carbocycles. The van der Waals surface area contributed by atoms with E-state index in [1.165, 1.54) is 0 Å². The van der Waals surface area contributed by atoms with Gasteiger partial charge in [-0.05, 0) is 55.7 Å². The predicted molar refractivity (Wildman–Crippen MR) is 137 cm³/mol. The van der Waals surface area contributed by atoms with E-state index in [0.29, 0.717) is 60.5 Å². The van der Waals surface area contributed by atoms with E-state index in [-0.39, 0.29) is 30.0 Å². The van der Waals surface area contributed by atoms with Crippen LogP contribution >= 0.6 is 0 Å². The summed E-state index contributed by atoms with van der Waals surface area (Å²) in [5.41, 5.74) is 1.21. The van der Waals surface area contributed by atoms with Crippen LogP contribution in [0.1, 0.15) is 31.4 Å². The van der Waals surface area contributed by atoms with Gasteiger partial charge in [0.1, 0.15) is 11.5 Å². The third-order valence-electron chi connectivity index (χ3n) is 6.41. The summed E-state index contributed by atoms with van der Waals surface area (Å²) in [5, 5.41) is 4.15. The molecule has 1 aliphatic rings. The van der Waals surface area contributed by atoms with Crippen molar-refractivity contribution in [2.75, 3.05) is 39.2 Å². The van der Waals surface area contributed by atoms with Gasteiger partial charge in [0.2, 0.25) is 5.91 Å². The lowest BCUT2D eigenvalue weighted by Gasteiger charge is -2.32. The van der Waals surface area contributed by atoms with Crippen LogP contribution in [0, 0.1) is 0 Å². The van der Waals surface area contributed by atoms with E-state index in [1.807, 2.05) is 6.07 Å². The quantitative estimate of drug-likeness (QED) is 0.534. The first kappa shape index (κ1) is 25.1. The van der Waals surface area contributed by atoms with Crippen LogP contribution in [-0.2, 0) is 16.0 Å². The molecule has 1 saturated heterocycles. The van der Waals surface area contributed by atoms with Crippen LogP contribution in [0.4, 0.5) is 10.5 Å². The van der Waals surface area contributed by atoms with Gasteiger partial charge in [0, 0.05) is 47.9 Å². The van der Waals surface area contributed by atoms with Gasteiger partial charge in [0.15, 0.2) is 0 Å². The highest BCUT2D eigenvalue weighted by molar-refractivity contribution is 6.02. The van der Waals surface area contributed by atoms with E-state index < -0.39 is 0 Å². The summed E-state index contributed by atoms with van der Waals surface area (Å²) in [6.07, 6.45) is 2.93. The van der Waals surface area contributed by atoms with Gasteiger partial charge < -0.3 is 29.0 Å². The minimum Gasteiger partial charge on any atom is -0.497 e. The first-order valence-electron chi connectivity index (χ1n) is 12.0. The van der Waals surface area contributed by atoms with Crippen LogP contribution in [0.5, 0.6) is 11.5 Å². The Morgan fingerprint density at radius 1 is 1.00 bits per heavy atom. The number of methoxy groups -OCH3 is 2. The van der Waals surface area contributed by atoms with Crippen LogP contribution in [0.15, 0.2) is 53.5 Å². The zero-order valence-electron chi connectivity index (χ0n) is 20.8. The molecule has 0 aliphatic carbocycles. The Kier molecular flexibility index (Phi) is 7.77. The first-order chi connectivity index (χ1) is 17.4. The fraction of sp³-hybridized carbons (Fsp3) is 0.370. The van der Waals surface area contributed by atoms with Gasteiger partial charge >= 0.3 is 6.09 Å². The van der Waals surface area contributed by atoms with Crippen LogP contribution in [0.3, 0.4) is 0 Å². The number of carbonyl (C=O) groups is 2. The fourth-order valence-corrected chi connectivity index (χ4v) is 4.58. The molecular weight excluding hydrogens is 462 g/mol. The number of ether oxygens (including phenoxy) is 3. The van der Waals surface area contributed by atoms with Crippen molar-refractivity contribution >= 4 is 28.5 Å². The maximum absolute atomic E-state index is 13.3. The maximum Gasteiger partial charge on any atom is 0.409 e. The second-order valence-corrected chi connectivity index (χ2v) is 8.66. The average molecular weight is 494 g/mol. The Bertz CT molecular complexity index is 1290. The molecule has 0 unspecified atom stereocenters. The summed E-state index contributed by atoms with van der Waals surface area (Å²) in [4.78, 5) is 39.8. The number of fused-ring (bicyclic) bond motifs is 1. The third-order valence-corrected chi connectivity index (χ3v) is 6.41. The Morgan fingerprint density at radius 3 is 2.33 bits per heavy atom. The van der Waals surface area contributed by atoms with Crippen molar-refractivity contribution in [3.63, 3.8) is 0 Å². The summed E-state index contributed by atoms with van der Waals surface area (Å²) < 4.78 is 17.4. The van der Waals surface area contributed by atoms with Crippen molar-refractivity contribution < 1.29 is 23.8 Å². The van der Waals surface area contributed by atoms with Crippen LogP contribution in [-0.4, -0.2) is 55.4 Å². The summed E-state index contributed by atoms with van der Waals surface area (Å²) in [7, 11) is 3.12. The van der Waals surface area contributed by atoms with Crippen molar-refractivity contribution in [2.24, 2.45) is 0 Å². The molecule has 0 atom stereocenters. The normalized spacial score (nSPS) is 13.9. The minimum atomic E-state index is -0.311. The molecule has 1 aliphatic heterocycles. The van der Waals surface area contributed by atoms with Crippen molar-refractivity contribution in [3.8, 4) is 11.5 Å². The zero-order valence-corrected chi connectivity index (χ0v) is 20.8. The molecule has 2 aromatic carbocycles. The molecule has 1 aromatic heterocycles. The fourth-order valence-electron chi connectivity index (χ4n) is 4.58. The second kappa shape index (κ2) is 11.2. The SMILES string of the molecule is CCOC(=O)N1CCC(n2ccc3c(NC(=O)Cc4cc(OC)cc(OC)c4)cccc3c2=O)CC1. The van der Waals surface area contributed by atoms with E-state index in [1.54, 1.807) is 73.2 Å². The number of piperidine rings is 1. The van der Waals surface area contributed by atoms with Gasteiger partial charge in [-0.25, -0.2) is 4.79 Å². The number of benzene rings is 2. The van der Waals surface area contributed by atoms with Crippen LogP contribution in [0.2, 0.25) is 0 Å². The topological polar surface area (TPSA) is 99.1 Å². The summed E-state index contributed by atoms with van der Waals surface area (Å²) in [6.45, 7) is 3.21. The Balaban J connectivity index is 1.50. The van der Waals surface area contributed by atoms with Crippen LogP contribution in [0.25, 0.3) is 10.8 Å². The smallest absolute Gasteiger partial charge is 0.409 e. The third kappa shape index (κ3) is 5.45. The van der Waals surface area contributed by atoms with Gasteiger partial charge in [-0.2, -0.15) is 0 Å². The van der Waals surface area contributed by atoms with Crippen LogP contribution < -0.4 is 20.3 Å². The number of anilines is 1. The van der Waals surface area contributed by atoms with E-state index in [0.717, 1.165) is 5.56 Å². The molecule has 2 heterocycles. The van der Waals surface area contributed by atoms with Crippen molar-refractivity contribution in [1.29, 1.82) is 0 Å². The molecular formula is C27H31N3O6. The number of carbonyl (C=O) groups excluding carboxylic acids is 2. The Hall–Kier alpha value is -4.01. The number of hydrogen-bond acceptors (Lipinski definition) is 6. The van der Waals surface area contributed by atoms with Crippen molar-refractivity contribution in [3.05, 3.63) is 64.6 Å². The lowest BCUT2D eigenvalue weighted by atomic mass is 10.0. The first-order valence-corrected chi connectivity index (χ1v) is 12.0. The highest BCUT2D eigenvalue weighted by atomic mass is 16.6. The zero-order chi connectivity index (χ0) is 25.7. The standard InChI is InChI=1S/C27H31N3O6/c1-4-36-27(33)29-11-8-19(9-12-29)30-13-10-22-23(26(30)32)6-5-7-24(22)28-25(31)16-18-14-20(34-2)17-21(15-18)35-3/h5-7,10,13-15,17,19H,4,8-9,11-12,16H2,1-3H3,(H,28,31). The number of rotatable bonds is 7. The Morgan fingerprint density at radius 2 is 1.69 bits per heavy atom. The number of hydrogen-bond donors (Lipinski definition) is 1. The summed E-state index contributed by atoms with van der Waals surface area (Å²) in [6, 6.07) is 12.5. The van der Waals surface area contributed by atoms with Crippen molar-refractivity contribution in [1.82, 2.24) is 9.47 Å². The summed E-state index contributed by atoms with van der Waals surface area (Å²) >= 11 is 0. The predicted octanol–water partition coefficient (Wildman–Crippen LogP) is 3.99. The van der Waals surface area contributed by atoms with Crippen molar-refractivity contribution in [2.45, 2.75) is 32.2 Å². The lowest BCUT2D eigenvalue weighted by Crippen LogP contribution is -2.41. The molecule has 0 radical (unpaired) electrons. The lowest BCUT2D eigenvalue weighted by molar-refractivity contribution is -0.115. The van der Waals surface area contributed by atoms with Gasteiger partial charge in [0.25, 0.3) is 5.56 Å². The maximum atomic E-state index is 13.3. The minimum absolute atomic E-state index is 0.00568. The molecule has 0 spiro atoms. The molecule has 9 heteroatoms. The molecule has 9 nitrogen and oxygen atoms in total. The van der Waals surface area contributed by atoms with Gasteiger partial charge in [-0.15, -0.1) is 0 Å². The number of nitrogens with zero attached hydrogens (tertiary/aromatic N) is 2. The van der Waals surface area contributed by atoms with E-state index in [2.05, 4.69) is 5.32 Å². The molecule has 0 bridgehead atoms. The number of nitrogens with one attached hydrogen (secondary N) is 1. The Labute approximate surface area is 209 Å². The highest BCUT2D eigenvalue weighted by Gasteiger charge is 2.25. The van der Waals surface area contributed by atoms with Gasteiger partial charge in [0.05, 0.1) is 27.2 Å². The molecule has 4 rings (SSSR count). The number of likely N-dealkylation sites (tertiary alicyclic amines) is 1. The number of pyridine rings is 1. The van der Waals surface area contributed by atoms with E-state index >= 15 is 0 Å². The van der Waals surface area contributed by atoms with E-state index in [9.17, 15) is 14.4 Å². The number of aromatic nitrogens is 1. The molecule has 2 amide bonds. The molecule has 1 N–H and O–H groups in total. The second-order valence-electron chi connectivity index (χ2n) is 8.66. The highest BCUT2D eigenvalue weighted by Crippen LogP contribution is 2.26. The largest absolute Gasteiger partial charge is 0.497 e. The molecule has 1 fully saturated rings. The average Bonchev–Trinajstić information content (AvgIpc) is 2.89.